The first-order chi connectivity index (χ1) is 6.35. The maximum absolute atomic E-state index is 3.74. The molecule has 2 N–H and O–H groups in total. The van der Waals surface area contributed by atoms with Crippen LogP contribution in [0.3, 0.4) is 0 Å². The first kappa shape index (κ1) is 14.9. The van der Waals surface area contributed by atoms with E-state index in [0.29, 0.717) is 6.04 Å². The Bertz CT molecular complexity index is 196. The number of nitrogens with one attached hydrogen (secondary N) is 2. The minimum atomic E-state index is 0. The lowest BCUT2D eigenvalue weighted by molar-refractivity contribution is 0.148. The molecule has 2 nitrogen and oxygen atoms in total. The lowest BCUT2D eigenvalue weighted by atomic mass is 9.79. The van der Waals surface area contributed by atoms with E-state index in [1.54, 1.807) is 0 Å². The molecular weight excluding hydrogens is 208 g/mol. The van der Waals surface area contributed by atoms with Gasteiger partial charge in [0.25, 0.3) is 0 Å². The van der Waals surface area contributed by atoms with E-state index in [4.69, 9.17) is 0 Å². The Morgan fingerprint density at radius 1 is 1.27 bits per heavy atom. The van der Waals surface area contributed by atoms with Gasteiger partial charge in [0.15, 0.2) is 0 Å². The van der Waals surface area contributed by atoms with E-state index in [-0.39, 0.29) is 23.5 Å². The molecule has 0 aromatic carbocycles. The number of hydrogen-bond acceptors (Lipinski definition) is 2. The zero-order valence-electron chi connectivity index (χ0n) is 10.4. The first-order valence-electron chi connectivity index (χ1n) is 5.48. The fourth-order valence-electron chi connectivity index (χ4n) is 2.72. The average Bonchev–Trinajstić information content (AvgIpc) is 1.94. The van der Waals surface area contributed by atoms with Gasteiger partial charge in [0.1, 0.15) is 0 Å². The predicted octanol–water partition coefficient (Wildman–Crippen LogP) is 2.49. The SMILES string of the molecule is C=CCNC1CC(C)(C)NC(C)(C)C1.Cl. The molecule has 0 unspecified atom stereocenters. The molecule has 3 heteroatoms. The van der Waals surface area contributed by atoms with Crippen LogP contribution in [0.15, 0.2) is 12.7 Å². The molecule has 1 rings (SSSR count). The second-order valence-electron chi connectivity index (χ2n) is 5.69. The molecule has 1 saturated heterocycles. The summed E-state index contributed by atoms with van der Waals surface area (Å²) in [6.45, 7) is 13.8. The monoisotopic (exact) mass is 232 g/mol. The standard InChI is InChI=1S/C12H24N2.ClH/c1-6-7-13-10-8-11(2,3)14-12(4,5)9-10;/h6,10,13-14H,1,7-9H2,2-5H3;1H. The molecule has 0 spiro atoms. The quantitative estimate of drug-likeness (QED) is 0.731. The van der Waals surface area contributed by atoms with E-state index in [0.717, 1.165) is 6.54 Å². The van der Waals surface area contributed by atoms with Gasteiger partial charge in [-0.25, -0.2) is 0 Å². The zero-order chi connectivity index (χ0) is 10.8. The molecular formula is C12H25ClN2. The fraction of sp³-hybridized carbons (Fsp3) is 0.833. The van der Waals surface area contributed by atoms with Crippen molar-refractivity contribution >= 4 is 12.4 Å². The van der Waals surface area contributed by atoms with Crippen molar-refractivity contribution in [1.82, 2.24) is 10.6 Å². The zero-order valence-corrected chi connectivity index (χ0v) is 11.2. The Balaban J connectivity index is 0.00000196. The maximum atomic E-state index is 3.74. The highest BCUT2D eigenvalue weighted by Crippen LogP contribution is 2.28. The van der Waals surface area contributed by atoms with Crippen molar-refractivity contribution in [3.63, 3.8) is 0 Å². The summed E-state index contributed by atoms with van der Waals surface area (Å²) < 4.78 is 0. The lowest BCUT2D eigenvalue weighted by Crippen LogP contribution is -2.61. The second kappa shape index (κ2) is 5.33. The normalized spacial score (nSPS) is 24.3. The van der Waals surface area contributed by atoms with Crippen molar-refractivity contribution in [2.45, 2.75) is 57.7 Å². The summed E-state index contributed by atoms with van der Waals surface area (Å²) in [4.78, 5) is 0. The van der Waals surface area contributed by atoms with Crippen LogP contribution in [0.2, 0.25) is 0 Å². The molecule has 0 atom stereocenters. The molecule has 0 amide bonds. The Hall–Kier alpha value is -0.0500. The molecule has 15 heavy (non-hydrogen) atoms. The van der Waals surface area contributed by atoms with Crippen LogP contribution >= 0.6 is 12.4 Å². The third-order valence-electron chi connectivity index (χ3n) is 2.74. The third-order valence-corrected chi connectivity index (χ3v) is 2.74. The fourth-order valence-corrected chi connectivity index (χ4v) is 2.72. The van der Waals surface area contributed by atoms with E-state index in [1.165, 1.54) is 12.8 Å². The van der Waals surface area contributed by atoms with Crippen molar-refractivity contribution in [3.05, 3.63) is 12.7 Å². The molecule has 0 radical (unpaired) electrons. The summed E-state index contributed by atoms with van der Waals surface area (Å²) in [6.07, 6.45) is 4.30. The summed E-state index contributed by atoms with van der Waals surface area (Å²) in [5.41, 5.74) is 0.473. The molecule has 0 bridgehead atoms. The van der Waals surface area contributed by atoms with Crippen LogP contribution in [0.4, 0.5) is 0 Å². The number of piperidine rings is 1. The van der Waals surface area contributed by atoms with Crippen LogP contribution in [-0.4, -0.2) is 23.7 Å². The van der Waals surface area contributed by atoms with Crippen molar-refractivity contribution in [2.75, 3.05) is 6.54 Å². The van der Waals surface area contributed by atoms with E-state index >= 15 is 0 Å². The van der Waals surface area contributed by atoms with Crippen LogP contribution in [0.1, 0.15) is 40.5 Å². The maximum Gasteiger partial charge on any atom is 0.0144 e. The summed E-state index contributed by atoms with van der Waals surface area (Å²) in [7, 11) is 0. The van der Waals surface area contributed by atoms with Gasteiger partial charge in [-0.3, -0.25) is 0 Å². The van der Waals surface area contributed by atoms with Gasteiger partial charge in [-0.15, -0.1) is 19.0 Å². The molecule has 90 valence electrons. The number of halogens is 1. The summed E-state index contributed by atoms with van der Waals surface area (Å²) in [5.74, 6) is 0. The van der Waals surface area contributed by atoms with Gasteiger partial charge in [-0.2, -0.15) is 0 Å². The topological polar surface area (TPSA) is 24.1 Å². The van der Waals surface area contributed by atoms with Gasteiger partial charge in [-0.05, 0) is 40.5 Å². The largest absolute Gasteiger partial charge is 0.310 e. The van der Waals surface area contributed by atoms with Gasteiger partial charge in [0.05, 0.1) is 0 Å². The van der Waals surface area contributed by atoms with Crippen molar-refractivity contribution < 1.29 is 0 Å². The molecule has 1 aliphatic heterocycles. The van der Waals surface area contributed by atoms with E-state index in [1.807, 2.05) is 6.08 Å². The molecule has 0 saturated carbocycles. The van der Waals surface area contributed by atoms with Crippen molar-refractivity contribution in [1.29, 1.82) is 0 Å². The Kier molecular flexibility index (Phi) is 5.31. The van der Waals surface area contributed by atoms with Crippen LogP contribution in [0, 0.1) is 0 Å². The van der Waals surface area contributed by atoms with Gasteiger partial charge in [0, 0.05) is 23.7 Å². The van der Waals surface area contributed by atoms with Crippen molar-refractivity contribution in [2.24, 2.45) is 0 Å². The van der Waals surface area contributed by atoms with Crippen LogP contribution in [-0.2, 0) is 0 Å². The number of hydrogen-bond donors (Lipinski definition) is 2. The minimum Gasteiger partial charge on any atom is -0.310 e. The van der Waals surface area contributed by atoms with E-state index < -0.39 is 0 Å². The molecule has 0 aromatic rings. The summed E-state index contributed by atoms with van der Waals surface area (Å²) in [6, 6.07) is 0.610. The van der Waals surface area contributed by atoms with E-state index in [2.05, 4.69) is 44.9 Å². The van der Waals surface area contributed by atoms with Gasteiger partial charge < -0.3 is 10.6 Å². The van der Waals surface area contributed by atoms with Gasteiger partial charge in [-0.1, -0.05) is 6.08 Å². The van der Waals surface area contributed by atoms with Gasteiger partial charge in [0.2, 0.25) is 0 Å². The van der Waals surface area contributed by atoms with Crippen LogP contribution < -0.4 is 10.6 Å². The predicted molar refractivity (Wildman–Crippen MR) is 69.8 cm³/mol. The lowest BCUT2D eigenvalue weighted by Gasteiger charge is -2.46. The highest BCUT2D eigenvalue weighted by molar-refractivity contribution is 5.85. The second-order valence-corrected chi connectivity index (χ2v) is 5.69. The third kappa shape index (κ3) is 5.01. The van der Waals surface area contributed by atoms with E-state index in [9.17, 15) is 0 Å². The van der Waals surface area contributed by atoms with Crippen LogP contribution in [0.5, 0.6) is 0 Å². The molecule has 1 fully saturated rings. The van der Waals surface area contributed by atoms with Gasteiger partial charge >= 0.3 is 0 Å². The first-order valence-corrected chi connectivity index (χ1v) is 5.48. The Morgan fingerprint density at radius 2 is 1.73 bits per heavy atom. The average molecular weight is 233 g/mol. The molecule has 1 heterocycles. The van der Waals surface area contributed by atoms with Crippen molar-refractivity contribution in [3.8, 4) is 0 Å². The minimum absolute atomic E-state index is 0. The highest BCUT2D eigenvalue weighted by Gasteiger charge is 2.36. The molecule has 0 aromatic heterocycles. The smallest absolute Gasteiger partial charge is 0.0144 e. The Labute approximate surface area is 100 Å². The highest BCUT2D eigenvalue weighted by atomic mass is 35.5. The molecule has 0 aliphatic carbocycles. The summed E-state index contributed by atoms with van der Waals surface area (Å²) in [5, 5.41) is 7.20. The van der Waals surface area contributed by atoms with Crippen LogP contribution in [0.25, 0.3) is 0 Å². The Morgan fingerprint density at radius 3 is 2.13 bits per heavy atom. The summed E-state index contributed by atoms with van der Waals surface area (Å²) >= 11 is 0. The molecule has 1 aliphatic rings. The number of rotatable bonds is 3.